The molecule has 2 aliphatic carbocycles. The van der Waals surface area contributed by atoms with E-state index in [-0.39, 0.29) is 0 Å². The zero-order valence-corrected chi connectivity index (χ0v) is 11.0. The van der Waals surface area contributed by atoms with Crippen molar-refractivity contribution in [3.8, 4) is 6.07 Å². The van der Waals surface area contributed by atoms with E-state index in [2.05, 4.69) is 18.3 Å². The van der Waals surface area contributed by atoms with Crippen LogP contribution >= 0.6 is 0 Å². The van der Waals surface area contributed by atoms with Crippen LogP contribution in [0.1, 0.15) is 52.4 Å². The molecule has 2 aliphatic rings. The zero-order chi connectivity index (χ0) is 12.3. The molecule has 96 valence electrons. The minimum atomic E-state index is -0.498. The van der Waals surface area contributed by atoms with Crippen LogP contribution in [0.25, 0.3) is 0 Å². The quantitative estimate of drug-likeness (QED) is 0.798. The number of nitrogens with zero attached hydrogens (tertiary/aromatic N) is 1. The standard InChI is InChI=1S/C14H24N2O/c1-11-4-3-5-13(8-11)17-10-14(2,9-15)16-12-6-7-12/h11-13,16H,3-8,10H2,1-2H3. The van der Waals surface area contributed by atoms with E-state index in [0.29, 0.717) is 18.8 Å². The fourth-order valence-corrected chi connectivity index (χ4v) is 2.60. The lowest BCUT2D eigenvalue weighted by molar-refractivity contribution is -0.00461. The van der Waals surface area contributed by atoms with Gasteiger partial charge in [0.15, 0.2) is 0 Å². The van der Waals surface area contributed by atoms with Crippen LogP contribution in [-0.2, 0) is 4.74 Å². The first kappa shape index (κ1) is 12.9. The van der Waals surface area contributed by atoms with Crippen molar-refractivity contribution in [2.24, 2.45) is 5.92 Å². The van der Waals surface area contributed by atoms with Crippen molar-refractivity contribution in [3.63, 3.8) is 0 Å². The summed E-state index contributed by atoms with van der Waals surface area (Å²) in [4.78, 5) is 0. The molecule has 0 amide bonds. The Labute approximate surface area is 105 Å². The van der Waals surface area contributed by atoms with Gasteiger partial charge in [-0.3, -0.25) is 5.32 Å². The van der Waals surface area contributed by atoms with Crippen molar-refractivity contribution in [1.29, 1.82) is 5.26 Å². The highest BCUT2D eigenvalue weighted by atomic mass is 16.5. The second kappa shape index (κ2) is 5.37. The fourth-order valence-electron chi connectivity index (χ4n) is 2.60. The Bertz CT molecular complexity index is 295. The van der Waals surface area contributed by atoms with E-state index >= 15 is 0 Å². The van der Waals surface area contributed by atoms with Gasteiger partial charge in [0.25, 0.3) is 0 Å². The molecule has 2 rings (SSSR count). The molecule has 0 aromatic rings. The molecule has 2 fully saturated rings. The van der Waals surface area contributed by atoms with Gasteiger partial charge in [0.2, 0.25) is 0 Å². The highest BCUT2D eigenvalue weighted by molar-refractivity contribution is 5.07. The normalized spacial score (nSPS) is 32.8. The Morgan fingerprint density at radius 1 is 1.35 bits per heavy atom. The summed E-state index contributed by atoms with van der Waals surface area (Å²) in [5.74, 6) is 0.776. The maximum atomic E-state index is 9.25. The summed E-state index contributed by atoms with van der Waals surface area (Å²) in [6, 6.07) is 2.91. The molecule has 0 radical (unpaired) electrons. The Morgan fingerprint density at radius 2 is 2.12 bits per heavy atom. The van der Waals surface area contributed by atoms with Gasteiger partial charge in [-0.2, -0.15) is 5.26 Å². The molecule has 0 bridgehead atoms. The summed E-state index contributed by atoms with van der Waals surface area (Å²) >= 11 is 0. The smallest absolute Gasteiger partial charge is 0.127 e. The van der Waals surface area contributed by atoms with Crippen molar-refractivity contribution in [3.05, 3.63) is 0 Å². The molecule has 17 heavy (non-hydrogen) atoms. The lowest BCUT2D eigenvalue weighted by atomic mass is 9.88. The molecule has 3 atom stereocenters. The average Bonchev–Trinajstić information content (AvgIpc) is 3.11. The van der Waals surface area contributed by atoms with Gasteiger partial charge in [0, 0.05) is 6.04 Å². The van der Waals surface area contributed by atoms with Crippen LogP contribution < -0.4 is 5.32 Å². The van der Waals surface area contributed by atoms with Crippen LogP contribution in [0.15, 0.2) is 0 Å². The summed E-state index contributed by atoms with van der Waals surface area (Å²) in [5.41, 5.74) is -0.498. The molecular formula is C14H24N2O. The minimum Gasteiger partial charge on any atom is -0.375 e. The van der Waals surface area contributed by atoms with Gasteiger partial charge in [-0.05, 0) is 38.5 Å². The van der Waals surface area contributed by atoms with Gasteiger partial charge in [0.1, 0.15) is 5.54 Å². The molecule has 1 N–H and O–H groups in total. The number of rotatable bonds is 5. The highest BCUT2D eigenvalue weighted by Gasteiger charge is 2.33. The van der Waals surface area contributed by atoms with Crippen LogP contribution in [-0.4, -0.2) is 24.3 Å². The largest absolute Gasteiger partial charge is 0.375 e. The van der Waals surface area contributed by atoms with Crippen LogP contribution in [0.2, 0.25) is 0 Å². The molecule has 0 aromatic carbocycles. The number of nitriles is 1. The lowest BCUT2D eigenvalue weighted by Crippen LogP contribution is -2.47. The molecular weight excluding hydrogens is 212 g/mol. The van der Waals surface area contributed by atoms with E-state index in [9.17, 15) is 5.26 Å². The lowest BCUT2D eigenvalue weighted by Gasteiger charge is -2.30. The topological polar surface area (TPSA) is 45.0 Å². The monoisotopic (exact) mass is 236 g/mol. The van der Waals surface area contributed by atoms with Gasteiger partial charge in [-0.25, -0.2) is 0 Å². The molecule has 3 nitrogen and oxygen atoms in total. The maximum absolute atomic E-state index is 9.25. The van der Waals surface area contributed by atoms with Crippen LogP contribution in [0, 0.1) is 17.2 Å². The molecule has 3 heteroatoms. The van der Waals surface area contributed by atoms with Crippen molar-refractivity contribution in [1.82, 2.24) is 5.32 Å². The Morgan fingerprint density at radius 3 is 2.71 bits per heavy atom. The van der Waals surface area contributed by atoms with Crippen molar-refractivity contribution in [2.75, 3.05) is 6.61 Å². The Kier molecular flexibility index (Phi) is 4.06. The minimum absolute atomic E-state index is 0.368. The predicted octanol–water partition coefficient (Wildman–Crippen LogP) is 2.62. The van der Waals surface area contributed by atoms with Crippen molar-refractivity contribution in [2.45, 2.75) is 70.1 Å². The van der Waals surface area contributed by atoms with Gasteiger partial charge >= 0.3 is 0 Å². The van der Waals surface area contributed by atoms with Gasteiger partial charge < -0.3 is 4.74 Å². The van der Waals surface area contributed by atoms with E-state index in [1.54, 1.807) is 0 Å². The Balaban J connectivity index is 1.76. The van der Waals surface area contributed by atoms with Gasteiger partial charge in [-0.15, -0.1) is 0 Å². The van der Waals surface area contributed by atoms with Crippen LogP contribution in [0.5, 0.6) is 0 Å². The van der Waals surface area contributed by atoms with Gasteiger partial charge in [-0.1, -0.05) is 19.8 Å². The highest BCUT2D eigenvalue weighted by Crippen LogP contribution is 2.27. The third-order valence-corrected chi connectivity index (χ3v) is 3.84. The molecule has 0 aromatic heterocycles. The summed E-state index contributed by atoms with van der Waals surface area (Å²) in [7, 11) is 0. The average molecular weight is 236 g/mol. The van der Waals surface area contributed by atoms with Crippen LogP contribution in [0.3, 0.4) is 0 Å². The summed E-state index contributed by atoms with van der Waals surface area (Å²) in [6.45, 7) is 4.77. The second-order valence-corrected chi connectivity index (χ2v) is 6.07. The number of nitrogens with one attached hydrogen (secondary N) is 1. The maximum Gasteiger partial charge on any atom is 0.127 e. The molecule has 0 heterocycles. The van der Waals surface area contributed by atoms with Crippen LogP contribution in [0.4, 0.5) is 0 Å². The van der Waals surface area contributed by atoms with E-state index < -0.39 is 5.54 Å². The van der Waals surface area contributed by atoms with E-state index in [1.165, 1.54) is 25.7 Å². The Hall–Kier alpha value is -0.590. The third-order valence-electron chi connectivity index (χ3n) is 3.84. The fraction of sp³-hybridized carbons (Fsp3) is 0.929. The van der Waals surface area contributed by atoms with E-state index in [0.717, 1.165) is 18.8 Å². The molecule has 0 aliphatic heterocycles. The third kappa shape index (κ3) is 3.97. The first-order valence-corrected chi connectivity index (χ1v) is 6.92. The van der Waals surface area contributed by atoms with E-state index in [1.807, 2.05) is 6.92 Å². The molecule has 0 spiro atoms. The molecule has 0 saturated heterocycles. The van der Waals surface area contributed by atoms with Crippen molar-refractivity contribution >= 4 is 0 Å². The van der Waals surface area contributed by atoms with Crippen molar-refractivity contribution < 1.29 is 4.74 Å². The summed E-state index contributed by atoms with van der Waals surface area (Å²) < 4.78 is 5.95. The number of hydrogen-bond donors (Lipinski definition) is 1. The summed E-state index contributed by atoms with van der Waals surface area (Å²) in [5, 5.41) is 12.6. The molecule has 2 saturated carbocycles. The predicted molar refractivity (Wildman–Crippen MR) is 67.5 cm³/mol. The SMILES string of the molecule is CC1CCCC(OCC(C)(C#N)NC2CC2)C1. The summed E-state index contributed by atoms with van der Waals surface area (Å²) in [6.07, 6.45) is 7.70. The van der Waals surface area contributed by atoms with Gasteiger partial charge in [0.05, 0.1) is 18.8 Å². The first-order valence-electron chi connectivity index (χ1n) is 6.92. The first-order chi connectivity index (χ1) is 8.11. The number of ether oxygens (including phenoxy) is 1. The zero-order valence-electron chi connectivity index (χ0n) is 11.0. The second-order valence-electron chi connectivity index (χ2n) is 6.07. The number of hydrogen-bond acceptors (Lipinski definition) is 3. The molecule has 3 unspecified atom stereocenters. The van der Waals surface area contributed by atoms with E-state index in [4.69, 9.17) is 4.74 Å².